The number of thiazole rings is 1. The van der Waals surface area contributed by atoms with E-state index < -0.39 is 12.5 Å². The van der Waals surface area contributed by atoms with Gasteiger partial charge in [-0.3, -0.25) is 5.32 Å². The molecule has 3 aromatic rings. The van der Waals surface area contributed by atoms with Crippen molar-refractivity contribution >= 4 is 39.6 Å². The largest absolute Gasteiger partial charge is 0.423 e. The Balaban J connectivity index is 1.43. The smallest absolute Gasteiger partial charge is 0.321 e. The molecule has 2 aromatic heterocycles. The Labute approximate surface area is 185 Å². The van der Waals surface area contributed by atoms with Gasteiger partial charge in [0.05, 0.1) is 48.5 Å². The first-order chi connectivity index (χ1) is 15.4. The van der Waals surface area contributed by atoms with Gasteiger partial charge in [0.15, 0.2) is 10.7 Å². The van der Waals surface area contributed by atoms with Gasteiger partial charge >= 0.3 is 6.03 Å². The molecular formula is C20H21F2N5O4S. The van der Waals surface area contributed by atoms with Crippen LogP contribution >= 0.6 is 11.3 Å². The highest BCUT2D eigenvalue weighted by atomic mass is 32.1. The molecule has 3 atom stereocenters. The van der Waals surface area contributed by atoms with Crippen LogP contribution in [0.1, 0.15) is 35.5 Å². The van der Waals surface area contributed by atoms with Crippen LogP contribution < -0.4 is 15.5 Å². The highest BCUT2D eigenvalue weighted by Crippen LogP contribution is 2.44. The summed E-state index contributed by atoms with van der Waals surface area (Å²) in [4.78, 5) is 24.1. The van der Waals surface area contributed by atoms with Gasteiger partial charge < -0.3 is 24.5 Å². The zero-order valence-electron chi connectivity index (χ0n) is 17.0. The lowest BCUT2D eigenvalue weighted by Crippen LogP contribution is -2.51. The van der Waals surface area contributed by atoms with E-state index in [0.717, 1.165) is 10.6 Å². The number of anilines is 2. The molecule has 1 saturated heterocycles. The quantitative estimate of drug-likeness (QED) is 0.530. The number of nitrogens with zero attached hydrogens (tertiary/aromatic N) is 3. The zero-order chi connectivity index (χ0) is 22.4. The number of aliphatic hydroxyl groups is 1. The highest BCUT2D eigenvalue weighted by Gasteiger charge is 2.43. The molecule has 2 bridgehead atoms. The molecule has 1 aromatic carbocycles. The Morgan fingerprint density at radius 1 is 1.38 bits per heavy atom. The molecule has 4 heterocycles. The number of aromatic nitrogens is 2. The number of urea groups is 1. The summed E-state index contributed by atoms with van der Waals surface area (Å²) in [5.74, 6) is 0. The van der Waals surface area contributed by atoms with E-state index in [1.807, 2.05) is 4.90 Å². The summed E-state index contributed by atoms with van der Waals surface area (Å²) in [5.41, 5.74) is 1.60. The van der Waals surface area contributed by atoms with Crippen LogP contribution in [0, 0.1) is 0 Å². The van der Waals surface area contributed by atoms with Crippen LogP contribution in [0.4, 0.5) is 24.7 Å². The third-order valence-electron chi connectivity index (χ3n) is 5.52. The molecule has 5 rings (SSSR count). The number of ether oxygens (including phenoxy) is 1. The predicted molar refractivity (Wildman–Crippen MR) is 113 cm³/mol. The molecule has 2 amide bonds. The minimum absolute atomic E-state index is 0.0814. The summed E-state index contributed by atoms with van der Waals surface area (Å²) < 4.78 is 37.8. The van der Waals surface area contributed by atoms with E-state index in [1.165, 1.54) is 29.5 Å². The number of nitrogens with one attached hydrogen (secondary N) is 2. The van der Waals surface area contributed by atoms with Crippen molar-refractivity contribution < 1.29 is 27.8 Å². The Kier molecular flexibility index (Phi) is 5.43. The van der Waals surface area contributed by atoms with Gasteiger partial charge in [-0.15, -0.1) is 0 Å². The van der Waals surface area contributed by atoms with Crippen molar-refractivity contribution in [3.63, 3.8) is 0 Å². The Morgan fingerprint density at radius 3 is 3.00 bits per heavy atom. The third kappa shape index (κ3) is 3.78. The lowest BCUT2D eigenvalue weighted by atomic mass is 9.97. The number of oxazole rings is 1. The van der Waals surface area contributed by atoms with Crippen molar-refractivity contribution in [1.29, 1.82) is 0 Å². The molecule has 9 nitrogen and oxygen atoms in total. The molecule has 1 fully saturated rings. The highest BCUT2D eigenvalue weighted by molar-refractivity contribution is 7.16. The summed E-state index contributed by atoms with van der Waals surface area (Å²) in [5, 5.41) is 14.9. The summed E-state index contributed by atoms with van der Waals surface area (Å²) in [6.45, 7) is 2.36. The third-order valence-corrected chi connectivity index (χ3v) is 6.63. The number of halogens is 2. The normalized spacial score (nSPS) is 21.0. The van der Waals surface area contributed by atoms with E-state index >= 15 is 0 Å². The van der Waals surface area contributed by atoms with E-state index in [1.54, 1.807) is 6.92 Å². The molecule has 0 aliphatic carbocycles. The number of rotatable bonds is 5. The van der Waals surface area contributed by atoms with Gasteiger partial charge in [0, 0.05) is 12.0 Å². The summed E-state index contributed by atoms with van der Waals surface area (Å²) in [7, 11) is 0. The molecule has 2 aliphatic rings. The molecule has 170 valence electrons. The second-order valence-electron chi connectivity index (χ2n) is 7.85. The Morgan fingerprint density at radius 2 is 2.22 bits per heavy atom. The molecule has 0 saturated carbocycles. The van der Waals surface area contributed by atoms with Crippen LogP contribution in [0.3, 0.4) is 0 Å². The van der Waals surface area contributed by atoms with E-state index in [4.69, 9.17) is 14.3 Å². The minimum atomic E-state index is -2.58. The lowest BCUT2D eigenvalue weighted by molar-refractivity contribution is 0.0579. The maximum atomic E-state index is 13.1. The van der Waals surface area contributed by atoms with Crippen molar-refractivity contribution in [2.24, 2.45) is 0 Å². The summed E-state index contributed by atoms with van der Waals surface area (Å²) >= 11 is 1.34. The first-order valence-corrected chi connectivity index (χ1v) is 11.0. The second kappa shape index (κ2) is 8.26. The number of morpholine rings is 1. The van der Waals surface area contributed by atoms with Crippen LogP contribution in [-0.4, -0.2) is 53.0 Å². The van der Waals surface area contributed by atoms with Crippen LogP contribution in [0.15, 0.2) is 22.6 Å². The maximum absolute atomic E-state index is 13.1. The molecule has 0 radical (unpaired) electrons. The van der Waals surface area contributed by atoms with Crippen molar-refractivity contribution in [1.82, 2.24) is 15.3 Å². The number of hydrogen-bond donors (Lipinski definition) is 3. The average Bonchev–Trinajstić information content (AvgIpc) is 3.35. The van der Waals surface area contributed by atoms with Crippen LogP contribution in [0.25, 0.3) is 11.1 Å². The fourth-order valence-electron chi connectivity index (χ4n) is 4.01. The molecule has 12 heteroatoms. The number of amides is 2. The predicted octanol–water partition coefficient (Wildman–Crippen LogP) is 3.23. The number of aliphatic hydroxyl groups excluding tert-OH is 1. The molecule has 0 unspecified atom stereocenters. The SMILES string of the molecule is C[C@H](CO)NC(=O)Nc1nc2c(s1)[C@@H]1COC[C@H](C2)N1c1nc2cc(C(F)F)ccc2o1. The summed E-state index contributed by atoms with van der Waals surface area (Å²) in [6, 6.07) is 3.43. The van der Waals surface area contributed by atoms with Crippen molar-refractivity contribution in [3.05, 3.63) is 34.3 Å². The van der Waals surface area contributed by atoms with Gasteiger partial charge in [0.2, 0.25) is 0 Å². The first kappa shape index (κ1) is 21.0. The number of carbonyl (C=O) groups excluding carboxylic acids is 1. The molecule has 2 aliphatic heterocycles. The first-order valence-electron chi connectivity index (χ1n) is 10.2. The van der Waals surface area contributed by atoms with Gasteiger partial charge in [-0.2, -0.15) is 4.98 Å². The number of benzene rings is 1. The van der Waals surface area contributed by atoms with Crippen LogP contribution in [0.2, 0.25) is 0 Å². The van der Waals surface area contributed by atoms with Gasteiger partial charge in [0.1, 0.15) is 5.52 Å². The van der Waals surface area contributed by atoms with Crippen molar-refractivity contribution in [3.8, 4) is 0 Å². The van der Waals surface area contributed by atoms with Crippen molar-refractivity contribution in [2.45, 2.75) is 37.9 Å². The van der Waals surface area contributed by atoms with E-state index in [-0.39, 0.29) is 30.3 Å². The van der Waals surface area contributed by atoms with Crippen LogP contribution in [0.5, 0.6) is 0 Å². The minimum Gasteiger partial charge on any atom is -0.423 e. The van der Waals surface area contributed by atoms with Gasteiger partial charge in [-0.1, -0.05) is 11.3 Å². The molecule has 32 heavy (non-hydrogen) atoms. The number of fused-ring (bicyclic) bond motifs is 5. The van der Waals surface area contributed by atoms with Gasteiger partial charge in [-0.05, 0) is 25.1 Å². The topological polar surface area (TPSA) is 113 Å². The summed E-state index contributed by atoms with van der Waals surface area (Å²) in [6.07, 6.45) is -2.01. The maximum Gasteiger partial charge on any atom is 0.321 e. The van der Waals surface area contributed by atoms with E-state index in [0.29, 0.717) is 41.9 Å². The molecule has 0 spiro atoms. The molecular weight excluding hydrogens is 444 g/mol. The lowest BCUT2D eigenvalue weighted by Gasteiger charge is -2.43. The number of alkyl halides is 2. The standard InChI is InChI=1S/C20H21F2N5O4S/c1-9(6-28)23-18(29)26-19-24-13-5-11-7-30-8-14(16(13)32-19)27(11)20-25-12-4-10(17(21)22)2-3-15(12)31-20/h2-4,9,11,14,17,28H,5-8H2,1H3,(H2,23,24,26,29)/t9-,11+,14+/m1/s1. The fraction of sp³-hybridized carbons (Fsp3) is 0.450. The number of carbonyl (C=O) groups is 1. The average molecular weight is 465 g/mol. The second-order valence-corrected chi connectivity index (χ2v) is 8.89. The molecule has 3 N–H and O–H groups in total. The monoisotopic (exact) mass is 465 g/mol. The van der Waals surface area contributed by atoms with Gasteiger partial charge in [-0.25, -0.2) is 18.6 Å². The van der Waals surface area contributed by atoms with Crippen molar-refractivity contribution in [2.75, 3.05) is 30.0 Å². The Hall–Kier alpha value is -2.83. The number of hydrogen-bond acceptors (Lipinski definition) is 8. The van der Waals surface area contributed by atoms with Gasteiger partial charge in [0.25, 0.3) is 12.4 Å². The van der Waals surface area contributed by atoms with Crippen LogP contribution in [-0.2, 0) is 11.2 Å². The van der Waals surface area contributed by atoms with E-state index in [2.05, 4.69) is 20.6 Å². The van der Waals surface area contributed by atoms with E-state index in [9.17, 15) is 13.6 Å². The Bertz CT molecular complexity index is 1150. The fourth-order valence-corrected chi connectivity index (χ4v) is 5.08. The zero-order valence-corrected chi connectivity index (χ0v) is 17.9.